The van der Waals surface area contributed by atoms with Crippen molar-refractivity contribution in [1.82, 2.24) is 0 Å². The smallest absolute Gasteiger partial charge is 0.0517 e. The van der Waals surface area contributed by atoms with Gasteiger partial charge in [0.15, 0.2) is 0 Å². The third-order valence-electron chi connectivity index (χ3n) is 2.39. The molecule has 0 fully saturated rings. The maximum absolute atomic E-state index is 9.32. The number of hydrogen-bond acceptors (Lipinski definition) is 1. The molecule has 0 spiro atoms. The molecule has 0 unspecified atom stereocenters. The van der Waals surface area contributed by atoms with Gasteiger partial charge in [0, 0.05) is 0 Å². The van der Waals surface area contributed by atoms with Gasteiger partial charge in [-0.3, -0.25) is 0 Å². The molecule has 1 nitrogen and oxygen atoms in total. The van der Waals surface area contributed by atoms with E-state index in [-0.39, 0.29) is 6.10 Å². The Hall–Kier alpha value is -0.820. The largest absolute Gasteiger partial charge is 0.393 e. The molecule has 2 atom stereocenters. The van der Waals surface area contributed by atoms with Gasteiger partial charge < -0.3 is 5.11 Å². The van der Waals surface area contributed by atoms with Crippen LogP contribution in [-0.4, -0.2) is 11.2 Å². The highest BCUT2D eigenvalue weighted by Gasteiger charge is 2.10. The van der Waals surface area contributed by atoms with Crippen molar-refractivity contribution in [2.24, 2.45) is 0 Å². The summed E-state index contributed by atoms with van der Waals surface area (Å²) in [6.07, 6.45) is 1.75. The van der Waals surface area contributed by atoms with Gasteiger partial charge in [0.2, 0.25) is 0 Å². The molecule has 1 heteroatoms. The summed E-state index contributed by atoms with van der Waals surface area (Å²) >= 11 is 0. The van der Waals surface area contributed by atoms with Crippen molar-refractivity contribution >= 4 is 0 Å². The average Bonchev–Trinajstić information content (AvgIpc) is 2.15. The highest BCUT2D eigenvalue weighted by atomic mass is 16.3. The van der Waals surface area contributed by atoms with Crippen molar-refractivity contribution in [3.05, 3.63) is 35.9 Å². The molecule has 0 radical (unpaired) electrons. The predicted octanol–water partition coefficient (Wildman–Crippen LogP) is 2.95. The van der Waals surface area contributed by atoms with E-state index in [1.807, 2.05) is 13.0 Å². The van der Waals surface area contributed by atoms with Crippen LogP contribution in [0.15, 0.2) is 30.3 Å². The van der Waals surface area contributed by atoms with Gasteiger partial charge in [-0.2, -0.15) is 0 Å². The molecule has 1 aromatic carbocycles. The molecule has 0 amide bonds. The molecule has 0 saturated heterocycles. The molecule has 13 heavy (non-hydrogen) atoms. The summed E-state index contributed by atoms with van der Waals surface area (Å²) in [6, 6.07) is 10.4. The van der Waals surface area contributed by atoms with E-state index in [1.165, 1.54) is 5.56 Å². The predicted molar refractivity (Wildman–Crippen MR) is 55.8 cm³/mol. The zero-order chi connectivity index (χ0) is 9.68. The van der Waals surface area contributed by atoms with E-state index in [1.54, 1.807) is 0 Å². The first kappa shape index (κ1) is 10.3. The van der Waals surface area contributed by atoms with Crippen molar-refractivity contribution < 1.29 is 5.11 Å². The van der Waals surface area contributed by atoms with E-state index < -0.39 is 0 Å². The van der Waals surface area contributed by atoms with E-state index in [0.717, 1.165) is 12.8 Å². The Balaban J connectivity index is 2.67. The summed E-state index contributed by atoms with van der Waals surface area (Å²) in [5.74, 6) is 0.501. The minimum Gasteiger partial charge on any atom is -0.393 e. The normalized spacial score (nSPS) is 15.3. The van der Waals surface area contributed by atoms with Crippen LogP contribution < -0.4 is 0 Å². The molecule has 0 aliphatic carbocycles. The molecule has 0 aliphatic rings. The van der Waals surface area contributed by atoms with E-state index in [2.05, 4.69) is 31.2 Å². The van der Waals surface area contributed by atoms with Crippen LogP contribution >= 0.6 is 0 Å². The first-order chi connectivity index (χ1) is 6.24. The fourth-order valence-corrected chi connectivity index (χ4v) is 1.68. The second-order valence-corrected chi connectivity index (χ2v) is 3.60. The Labute approximate surface area is 80.4 Å². The van der Waals surface area contributed by atoms with Gasteiger partial charge in [-0.05, 0) is 31.2 Å². The summed E-state index contributed by atoms with van der Waals surface area (Å²) < 4.78 is 0. The minimum absolute atomic E-state index is 0.204. The van der Waals surface area contributed by atoms with E-state index in [4.69, 9.17) is 0 Å². The molecule has 0 saturated carbocycles. The Morgan fingerprint density at radius 1 is 1.23 bits per heavy atom. The van der Waals surface area contributed by atoms with Gasteiger partial charge >= 0.3 is 0 Å². The Morgan fingerprint density at radius 2 is 1.85 bits per heavy atom. The minimum atomic E-state index is -0.204. The second-order valence-electron chi connectivity index (χ2n) is 3.60. The Kier molecular flexibility index (Phi) is 3.97. The highest BCUT2D eigenvalue weighted by molar-refractivity contribution is 5.19. The number of aliphatic hydroxyl groups is 1. The van der Waals surface area contributed by atoms with E-state index in [0.29, 0.717) is 5.92 Å². The van der Waals surface area contributed by atoms with Gasteiger partial charge in [0.1, 0.15) is 0 Å². The number of benzene rings is 1. The summed E-state index contributed by atoms with van der Waals surface area (Å²) in [6.45, 7) is 4.02. The van der Waals surface area contributed by atoms with Crippen LogP contribution in [0.1, 0.15) is 38.2 Å². The Morgan fingerprint density at radius 3 is 2.31 bits per heavy atom. The zero-order valence-corrected chi connectivity index (χ0v) is 8.40. The lowest BCUT2D eigenvalue weighted by molar-refractivity contribution is 0.173. The molecule has 1 aromatic rings. The molecule has 0 bridgehead atoms. The maximum atomic E-state index is 9.32. The van der Waals surface area contributed by atoms with Crippen molar-refractivity contribution in [2.45, 2.75) is 38.7 Å². The first-order valence-electron chi connectivity index (χ1n) is 4.97. The van der Waals surface area contributed by atoms with Gasteiger partial charge in [-0.1, -0.05) is 37.3 Å². The van der Waals surface area contributed by atoms with Crippen LogP contribution in [0.3, 0.4) is 0 Å². The molecule has 0 aromatic heterocycles. The second kappa shape index (κ2) is 5.03. The lowest BCUT2D eigenvalue weighted by Gasteiger charge is -2.16. The van der Waals surface area contributed by atoms with Crippen LogP contribution in [0.2, 0.25) is 0 Å². The van der Waals surface area contributed by atoms with Crippen LogP contribution in [-0.2, 0) is 0 Å². The molecular weight excluding hydrogens is 160 g/mol. The molecule has 1 N–H and O–H groups in total. The Bertz CT molecular complexity index is 228. The van der Waals surface area contributed by atoms with E-state index in [9.17, 15) is 5.11 Å². The molecule has 0 heterocycles. The van der Waals surface area contributed by atoms with Crippen LogP contribution in [0.4, 0.5) is 0 Å². The topological polar surface area (TPSA) is 20.2 Å². The standard InChI is InChI=1S/C12H18O/c1-3-11(9-10(2)13)12-7-5-4-6-8-12/h4-8,10-11,13H,3,9H2,1-2H3/t10-,11+/m1/s1. The highest BCUT2D eigenvalue weighted by Crippen LogP contribution is 2.24. The van der Waals surface area contributed by atoms with E-state index >= 15 is 0 Å². The van der Waals surface area contributed by atoms with Gasteiger partial charge in [0.05, 0.1) is 6.10 Å². The summed E-state index contributed by atoms with van der Waals surface area (Å²) in [5.41, 5.74) is 1.34. The quantitative estimate of drug-likeness (QED) is 0.751. The third-order valence-corrected chi connectivity index (χ3v) is 2.39. The van der Waals surface area contributed by atoms with Crippen LogP contribution in [0.25, 0.3) is 0 Å². The number of aliphatic hydroxyl groups excluding tert-OH is 1. The fraction of sp³-hybridized carbons (Fsp3) is 0.500. The van der Waals surface area contributed by atoms with Gasteiger partial charge in [-0.25, -0.2) is 0 Å². The summed E-state index contributed by atoms with van der Waals surface area (Å²) in [5, 5.41) is 9.32. The zero-order valence-electron chi connectivity index (χ0n) is 8.40. The monoisotopic (exact) mass is 178 g/mol. The summed E-state index contributed by atoms with van der Waals surface area (Å²) in [4.78, 5) is 0. The lowest BCUT2D eigenvalue weighted by Crippen LogP contribution is -2.07. The van der Waals surface area contributed by atoms with Crippen molar-refractivity contribution in [3.63, 3.8) is 0 Å². The van der Waals surface area contributed by atoms with Crippen molar-refractivity contribution in [2.75, 3.05) is 0 Å². The van der Waals surface area contributed by atoms with Crippen molar-refractivity contribution in [1.29, 1.82) is 0 Å². The summed E-state index contributed by atoms with van der Waals surface area (Å²) in [7, 11) is 0. The van der Waals surface area contributed by atoms with Gasteiger partial charge in [0.25, 0.3) is 0 Å². The molecular formula is C12H18O. The van der Waals surface area contributed by atoms with Gasteiger partial charge in [-0.15, -0.1) is 0 Å². The number of hydrogen-bond donors (Lipinski definition) is 1. The average molecular weight is 178 g/mol. The first-order valence-corrected chi connectivity index (χ1v) is 4.97. The molecule has 72 valence electrons. The van der Waals surface area contributed by atoms with Crippen molar-refractivity contribution in [3.8, 4) is 0 Å². The molecule has 1 rings (SSSR count). The van der Waals surface area contributed by atoms with Crippen LogP contribution in [0.5, 0.6) is 0 Å². The molecule has 0 aliphatic heterocycles. The fourth-order valence-electron chi connectivity index (χ4n) is 1.68. The van der Waals surface area contributed by atoms with Crippen LogP contribution in [0, 0.1) is 0 Å². The maximum Gasteiger partial charge on any atom is 0.0517 e. The number of rotatable bonds is 4. The third kappa shape index (κ3) is 3.19. The lowest BCUT2D eigenvalue weighted by atomic mass is 9.91. The SMILES string of the molecule is CC[C@@H](C[C@@H](C)O)c1ccccc1.